The van der Waals surface area contributed by atoms with Crippen LogP contribution in [0.2, 0.25) is 0 Å². The van der Waals surface area contributed by atoms with E-state index in [1.807, 2.05) is 6.92 Å². The van der Waals surface area contributed by atoms with Gasteiger partial charge in [-0.15, -0.1) is 0 Å². The number of aliphatic hydroxyl groups is 1. The van der Waals surface area contributed by atoms with Gasteiger partial charge >= 0.3 is 0 Å². The molecular weight excluding hydrogens is 261 g/mol. The lowest BCUT2D eigenvalue weighted by Gasteiger charge is -2.25. The molecule has 0 radical (unpaired) electrons. The number of para-hydroxylation sites is 1. The molecule has 2 atom stereocenters. The number of amides is 1. The number of rotatable bonds is 5. The van der Waals surface area contributed by atoms with Gasteiger partial charge in [0.25, 0.3) is 0 Å². The van der Waals surface area contributed by atoms with Crippen LogP contribution in [0, 0.1) is 11.7 Å². The number of nitrogens with zero attached hydrogens (tertiary/aromatic N) is 1. The van der Waals surface area contributed by atoms with Gasteiger partial charge in [-0.2, -0.15) is 0 Å². The van der Waals surface area contributed by atoms with Crippen LogP contribution in [0.4, 0.5) is 4.39 Å². The molecule has 2 rings (SSSR count). The molecule has 20 heavy (non-hydrogen) atoms. The number of hydrogen-bond donors (Lipinski definition) is 1. The molecule has 1 aliphatic rings. The monoisotopic (exact) mass is 281 g/mol. The number of hydrogen-bond acceptors (Lipinski definition) is 3. The van der Waals surface area contributed by atoms with Gasteiger partial charge in [0.05, 0.1) is 25.7 Å². The largest absolute Gasteiger partial charge is 0.490 e. The quantitative estimate of drug-likeness (QED) is 0.895. The molecule has 1 aromatic carbocycles. The molecule has 1 heterocycles. The molecule has 4 nitrogen and oxygen atoms in total. The Morgan fingerprint density at radius 3 is 2.95 bits per heavy atom. The van der Waals surface area contributed by atoms with Crippen LogP contribution in [-0.2, 0) is 4.79 Å². The third kappa shape index (κ3) is 3.28. The van der Waals surface area contributed by atoms with Gasteiger partial charge in [0.2, 0.25) is 5.91 Å². The van der Waals surface area contributed by atoms with E-state index < -0.39 is 5.82 Å². The summed E-state index contributed by atoms with van der Waals surface area (Å²) in [5.41, 5.74) is 0. The maximum Gasteiger partial charge on any atom is 0.226 e. The van der Waals surface area contributed by atoms with Crippen LogP contribution in [0.3, 0.4) is 0 Å². The predicted molar refractivity (Wildman–Crippen MR) is 72.9 cm³/mol. The number of carbonyl (C=O) groups is 1. The lowest BCUT2D eigenvalue weighted by molar-refractivity contribution is -0.133. The number of likely N-dealkylation sites (tertiary alicyclic amines) is 1. The van der Waals surface area contributed by atoms with E-state index in [1.54, 1.807) is 17.0 Å². The van der Waals surface area contributed by atoms with E-state index >= 15 is 0 Å². The van der Waals surface area contributed by atoms with Crippen LogP contribution in [0.5, 0.6) is 5.75 Å². The summed E-state index contributed by atoms with van der Waals surface area (Å²) in [6.07, 6.45) is 1.10. The van der Waals surface area contributed by atoms with Gasteiger partial charge < -0.3 is 14.7 Å². The summed E-state index contributed by atoms with van der Waals surface area (Å²) in [4.78, 5) is 13.8. The van der Waals surface area contributed by atoms with Crippen molar-refractivity contribution in [1.82, 2.24) is 4.90 Å². The molecule has 1 N–H and O–H groups in total. The van der Waals surface area contributed by atoms with Crippen LogP contribution in [0.25, 0.3) is 0 Å². The molecule has 1 amide bonds. The van der Waals surface area contributed by atoms with E-state index in [4.69, 9.17) is 4.74 Å². The van der Waals surface area contributed by atoms with Crippen molar-refractivity contribution in [3.8, 4) is 5.75 Å². The Kier molecular flexibility index (Phi) is 4.95. The topological polar surface area (TPSA) is 49.8 Å². The molecule has 110 valence electrons. The Labute approximate surface area is 118 Å². The molecular formula is C15H20FNO3. The van der Waals surface area contributed by atoms with Crippen LogP contribution >= 0.6 is 0 Å². The molecule has 0 saturated carbocycles. The number of benzene rings is 1. The fourth-order valence-corrected chi connectivity index (χ4v) is 2.55. The van der Waals surface area contributed by atoms with Crippen molar-refractivity contribution >= 4 is 5.91 Å². The summed E-state index contributed by atoms with van der Waals surface area (Å²) < 4.78 is 18.6. The first-order valence-electron chi connectivity index (χ1n) is 6.91. The van der Waals surface area contributed by atoms with Gasteiger partial charge in [0, 0.05) is 6.54 Å². The lowest BCUT2D eigenvalue weighted by Crippen LogP contribution is -2.40. The maximum atomic E-state index is 13.3. The predicted octanol–water partition coefficient (Wildman–Crippen LogP) is 1.82. The fourth-order valence-electron chi connectivity index (χ4n) is 2.55. The summed E-state index contributed by atoms with van der Waals surface area (Å²) in [7, 11) is 0. The molecule has 2 unspecified atom stereocenters. The van der Waals surface area contributed by atoms with Crippen molar-refractivity contribution in [2.24, 2.45) is 5.92 Å². The number of halogens is 1. The van der Waals surface area contributed by atoms with Crippen molar-refractivity contribution in [2.45, 2.75) is 25.8 Å². The van der Waals surface area contributed by atoms with Gasteiger partial charge in [-0.3, -0.25) is 4.79 Å². The van der Waals surface area contributed by atoms with E-state index in [0.717, 1.165) is 6.42 Å². The molecule has 0 spiro atoms. The second kappa shape index (κ2) is 6.70. The molecule has 0 aliphatic carbocycles. The fraction of sp³-hybridized carbons (Fsp3) is 0.533. The Morgan fingerprint density at radius 1 is 1.50 bits per heavy atom. The van der Waals surface area contributed by atoms with Crippen LogP contribution in [-0.4, -0.2) is 41.7 Å². The van der Waals surface area contributed by atoms with Crippen molar-refractivity contribution < 1.29 is 19.0 Å². The summed E-state index contributed by atoms with van der Waals surface area (Å²) in [5.74, 6) is -0.00190. The smallest absolute Gasteiger partial charge is 0.226 e. The number of carbonyl (C=O) groups excluding carboxylic acids is 1. The SMILES string of the molecule is CC1CCN(C(=O)CCOc2ccccc2F)C1CO. The first-order valence-corrected chi connectivity index (χ1v) is 6.91. The highest BCUT2D eigenvalue weighted by Crippen LogP contribution is 2.24. The van der Waals surface area contributed by atoms with Gasteiger partial charge in [0.1, 0.15) is 0 Å². The Bertz CT molecular complexity index is 466. The number of ether oxygens (including phenoxy) is 1. The highest BCUT2D eigenvalue weighted by atomic mass is 19.1. The zero-order chi connectivity index (χ0) is 14.5. The maximum absolute atomic E-state index is 13.3. The average Bonchev–Trinajstić information content (AvgIpc) is 2.82. The molecule has 1 fully saturated rings. The van der Waals surface area contributed by atoms with Gasteiger partial charge in [0.15, 0.2) is 11.6 Å². The summed E-state index contributed by atoms with van der Waals surface area (Å²) in [6.45, 7) is 2.83. The highest BCUT2D eigenvalue weighted by Gasteiger charge is 2.33. The van der Waals surface area contributed by atoms with Crippen molar-refractivity contribution in [3.63, 3.8) is 0 Å². The Morgan fingerprint density at radius 2 is 2.25 bits per heavy atom. The van der Waals surface area contributed by atoms with E-state index in [2.05, 4.69) is 0 Å². The standard InChI is InChI=1S/C15H20FNO3/c1-11-6-8-17(13(11)10-18)15(19)7-9-20-14-5-3-2-4-12(14)16/h2-5,11,13,18H,6-10H2,1H3. The zero-order valence-electron chi connectivity index (χ0n) is 11.6. The lowest BCUT2D eigenvalue weighted by atomic mass is 10.0. The van der Waals surface area contributed by atoms with Crippen molar-refractivity contribution in [1.29, 1.82) is 0 Å². The molecule has 0 aromatic heterocycles. The van der Waals surface area contributed by atoms with E-state index in [0.29, 0.717) is 12.5 Å². The Hall–Kier alpha value is -1.62. The van der Waals surface area contributed by atoms with Crippen LogP contribution in [0.15, 0.2) is 24.3 Å². The first-order chi connectivity index (χ1) is 9.63. The molecule has 1 saturated heterocycles. The molecule has 5 heteroatoms. The zero-order valence-corrected chi connectivity index (χ0v) is 11.6. The summed E-state index contributed by atoms with van der Waals surface area (Å²) >= 11 is 0. The highest BCUT2D eigenvalue weighted by molar-refractivity contribution is 5.77. The molecule has 1 aliphatic heterocycles. The first kappa shape index (κ1) is 14.8. The minimum Gasteiger partial charge on any atom is -0.490 e. The molecule has 1 aromatic rings. The summed E-state index contributed by atoms with van der Waals surface area (Å²) in [6, 6.07) is 6.03. The van der Waals surface area contributed by atoms with Gasteiger partial charge in [-0.1, -0.05) is 19.1 Å². The second-order valence-electron chi connectivity index (χ2n) is 5.13. The van der Waals surface area contributed by atoms with E-state index in [1.165, 1.54) is 12.1 Å². The van der Waals surface area contributed by atoms with Gasteiger partial charge in [-0.25, -0.2) is 4.39 Å². The minimum absolute atomic E-state index is 0.0128. The minimum atomic E-state index is -0.428. The third-order valence-electron chi connectivity index (χ3n) is 3.80. The van der Waals surface area contributed by atoms with Crippen molar-refractivity contribution in [3.05, 3.63) is 30.1 Å². The van der Waals surface area contributed by atoms with Crippen LogP contribution in [0.1, 0.15) is 19.8 Å². The molecule has 0 bridgehead atoms. The normalized spacial score (nSPS) is 22.1. The van der Waals surface area contributed by atoms with Gasteiger partial charge in [-0.05, 0) is 24.5 Å². The van der Waals surface area contributed by atoms with Crippen LogP contribution < -0.4 is 4.74 Å². The van der Waals surface area contributed by atoms with Crippen molar-refractivity contribution in [2.75, 3.05) is 19.8 Å². The van der Waals surface area contributed by atoms with E-state index in [-0.39, 0.29) is 37.3 Å². The Balaban J connectivity index is 1.82. The second-order valence-corrected chi connectivity index (χ2v) is 5.13. The number of aliphatic hydroxyl groups excluding tert-OH is 1. The third-order valence-corrected chi connectivity index (χ3v) is 3.80. The summed E-state index contributed by atoms with van der Waals surface area (Å²) in [5, 5.41) is 9.32. The average molecular weight is 281 g/mol. The van der Waals surface area contributed by atoms with E-state index in [9.17, 15) is 14.3 Å².